The molecule has 3 aliphatic rings. The van der Waals surface area contributed by atoms with Crippen LogP contribution in [0.25, 0.3) is 0 Å². The summed E-state index contributed by atoms with van der Waals surface area (Å²) in [5.41, 5.74) is -0.180. The van der Waals surface area contributed by atoms with Gasteiger partial charge in [-0.2, -0.15) is 17.5 Å². The predicted molar refractivity (Wildman–Crippen MR) is 125 cm³/mol. The third-order valence-electron chi connectivity index (χ3n) is 6.55. The van der Waals surface area contributed by atoms with E-state index in [1.54, 1.807) is 0 Å². The van der Waals surface area contributed by atoms with Gasteiger partial charge < -0.3 is 15.0 Å². The number of carbonyl (C=O) groups is 2. The van der Waals surface area contributed by atoms with Crippen LogP contribution in [-0.2, 0) is 19.6 Å². The minimum Gasteiger partial charge on any atom is -0.482 e. The quantitative estimate of drug-likeness (QED) is 0.598. The number of benzene rings is 1. The van der Waals surface area contributed by atoms with Gasteiger partial charge in [0.05, 0.1) is 15.5 Å². The Hall–Kier alpha value is -1.99. The first-order chi connectivity index (χ1) is 16.4. The van der Waals surface area contributed by atoms with E-state index in [4.69, 9.17) is 4.74 Å². The number of hydrogen-bond acceptors (Lipinski definition) is 6. The van der Waals surface area contributed by atoms with Crippen molar-refractivity contribution in [1.29, 1.82) is 0 Å². The van der Waals surface area contributed by atoms with Gasteiger partial charge in [-0.05, 0) is 44.4 Å². The van der Waals surface area contributed by atoms with E-state index in [9.17, 15) is 31.2 Å². The molecule has 1 N–H and O–H groups in total. The third-order valence-corrected chi connectivity index (χ3v) is 9.95. The first-order valence-electron chi connectivity index (χ1n) is 11.5. The van der Waals surface area contributed by atoms with Crippen LogP contribution in [0.15, 0.2) is 23.1 Å². The summed E-state index contributed by atoms with van der Waals surface area (Å²) in [4.78, 5) is 26.4. The van der Waals surface area contributed by atoms with Gasteiger partial charge in [0.25, 0.3) is 0 Å². The number of rotatable bonds is 6. The van der Waals surface area contributed by atoms with Crippen molar-refractivity contribution in [2.24, 2.45) is 0 Å². The highest BCUT2D eigenvalue weighted by molar-refractivity contribution is 8.01. The Kier molecular flexibility index (Phi) is 7.31. The summed E-state index contributed by atoms with van der Waals surface area (Å²) in [5, 5.41) is 2.55. The zero-order valence-electron chi connectivity index (χ0n) is 19.3. The number of ether oxygens (including phenoxy) is 1. The number of amides is 2. The molecule has 1 aromatic carbocycles. The van der Waals surface area contributed by atoms with Crippen LogP contribution >= 0.6 is 11.8 Å². The first kappa shape index (κ1) is 26.1. The maximum absolute atomic E-state index is 13.2. The molecule has 3 fully saturated rings. The van der Waals surface area contributed by atoms with Crippen molar-refractivity contribution in [3.8, 4) is 5.75 Å². The number of halogens is 3. The number of alkyl halides is 3. The molecule has 3 aliphatic heterocycles. The van der Waals surface area contributed by atoms with Crippen LogP contribution in [0.1, 0.15) is 45.4 Å². The van der Waals surface area contributed by atoms with Crippen molar-refractivity contribution in [3.63, 3.8) is 0 Å². The average molecular weight is 536 g/mol. The molecule has 0 unspecified atom stereocenters. The lowest BCUT2D eigenvalue weighted by Crippen LogP contribution is -2.48. The van der Waals surface area contributed by atoms with Gasteiger partial charge >= 0.3 is 6.18 Å². The molecule has 0 radical (unpaired) electrons. The smallest absolute Gasteiger partial charge is 0.422 e. The fourth-order valence-corrected chi connectivity index (χ4v) is 7.69. The van der Waals surface area contributed by atoms with Crippen molar-refractivity contribution in [3.05, 3.63) is 18.2 Å². The van der Waals surface area contributed by atoms with E-state index >= 15 is 0 Å². The second kappa shape index (κ2) is 9.81. The van der Waals surface area contributed by atoms with Crippen LogP contribution in [0, 0.1) is 0 Å². The van der Waals surface area contributed by atoms with Crippen LogP contribution in [0.3, 0.4) is 0 Å². The van der Waals surface area contributed by atoms with Gasteiger partial charge in [-0.1, -0.05) is 12.8 Å². The minimum absolute atomic E-state index is 0.142. The molecule has 8 nitrogen and oxygen atoms in total. The highest BCUT2D eigenvalue weighted by Gasteiger charge is 2.53. The number of thioether (sulfide) groups is 1. The molecule has 13 heteroatoms. The van der Waals surface area contributed by atoms with Gasteiger partial charge in [-0.3, -0.25) is 9.59 Å². The Bertz CT molecular complexity index is 1090. The Labute approximate surface area is 206 Å². The van der Waals surface area contributed by atoms with Crippen LogP contribution in [0.4, 0.5) is 18.9 Å². The summed E-state index contributed by atoms with van der Waals surface area (Å²) >= 11 is 1.47. The molecule has 3 saturated heterocycles. The van der Waals surface area contributed by atoms with Crippen molar-refractivity contribution in [2.45, 2.75) is 67.4 Å². The third kappa shape index (κ3) is 5.56. The maximum Gasteiger partial charge on any atom is 0.422 e. The zero-order chi connectivity index (χ0) is 25.4. The van der Waals surface area contributed by atoms with Crippen molar-refractivity contribution >= 4 is 39.3 Å². The SMILES string of the molecule is C[C@@]12CCC(=O)N1[C@H](C(=O)Nc1cc(S(=O)(=O)N3CCCCCC3)ccc1OCC(F)(F)F)CS2. The molecular formula is C22H28F3N3O5S2. The van der Waals surface area contributed by atoms with E-state index in [1.807, 2.05) is 6.92 Å². The summed E-state index contributed by atoms with van der Waals surface area (Å²) < 4.78 is 71.1. The van der Waals surface area contributed by atoms with E-state index in [-0.39, 0.29) is 22.2 Å². The number of nitrogens with zero attached hydrogens (tertiary/aromatic N) is 2. The highest BCUT2D eigenvalue weighted by Crippen LogP contribution is 2.47. The van der Waals surface area contributed by atoms with Crippen molar-refractivity contribution in [1.82, 2.24) is 9.21 Å². The number of carbonyl (C=O) groups excluding carboxylic acids is 2. The largest absolute Gasteiger partial charge is 0.482 e. The Morgan fingerprint density at radius 1 is 1.23 bits per heavy atom. The monoisotopic (exact) mass is 535 g/mol. The molecular weight excluding hydrogens is 507 g/mol. The fourth-order valence-electron chi connectivity index (χ4n) is 4.71. The van der Waals surface area contributed by atoms with E-state index in [2.05, 4.69) is 5.32 Å². The normalized spacial score (nSPS) is 25.9. The minimum atomic E-state index is -4.62. The molecule has 2 amide bonds. The van der Waals surface area contributed by atoms with E-state index in [0.29, 0.717) is 31.7 Å². The molecule has 0 spiro atoms. The molecule has 35 heavy (non-hydrogen) atoms. The Balaban J connectivity index is 1.62. The van der Waals surface area contributed by atoms with Gasteiger partial charge in [-0.25, -0.2) is 8.42 Å². The Morgan fingerprint density at radius 2 is 1.91 bits per heavy atom. The summed E-state index contributed by atoms with van der Waals surface area (Å²) in [6.45, 7) is 0.981. The van der Waals surface area contributed by atoms with Gasteiger partial charge in [0.1, 0.15) is 11.8 Å². The molecule has 0 bridgehead atoms. The molecule has 1 aromatic rings. The average Bonchev–Trinajstić information content (AvgIpc) is 3.12. The van der Waals surface area contributed by atoms with Crippen LogP contribution in [-0.4, -0.2) is 72.0 Å². The number of anilines is 1. The molecule has 3 heterocycles. The number of sulfonamides is 1. The summed E-state index contributed by atoms with van der Waals surface area (Å²) in [6, 6.07) is 2.63. The van der Waals surface area contributed by atoms with Crippen molar-refractivity contribution in [2.75, 3.05) is 30.8 Å². The molecule has 194 valence electrons. The topological polar surface area (TPSA) is 96.0 Å². The number of hydrogen-bond donors (Lipinski definition) is 1. The maximum atomic E-state index is 13.2. The van der Waals surface area contributed by atoms with E-state index in [1.165, 1.54) is 27.0 Å². The summed E-state index contributed by atoms with van der Waals surface area (Å²) in [6.07, 6.45) is -0.421. The molecule has 4 rings (SSSR count). The number of nitrogens with one attached hydrogen (secondary N) is 1. The summed E-state index contributed by atoms with van der Waals surface area (Å²) in [7, 11) is -3.92. The van der Waals surface area contributed by atoms with E-state index < -0.39 is 39.6 Å². The second-order valence-corrected chi connectivity index (χ2v) is 12.6. The fraction of sp³-hybridized carbons (Fsp3) is 0.636. The van der Waals surface area contributed by atoms with Gasteiger partial charge in [0, 0.05) is 25.3 Å². The highest BCUT2D eigenvalue weighted by atomic mass is 32.2. The lowest BCUT2D eigenvalue weighted by molar-refractivity contribution is -0.153. The lowest BCUT2D eigenvalue weighted by atomic mass is 10.2. The van der Waals surface area contributed by atoms with Crippen LogP contribution < -0.4 is 10.1 Å². The van der Waals surface area contributed by atoms with Crippen LogP contribution in [0.2, 0.25) is 0 Å². The molecule has 0 saturated carbocycles. The lowest BCUT2D eigenvalue weighted by Gasteiger charge is -2.30. The molecule has 2 atom stereocenters. The van der Waals surface area contributed by atoms with E-state index in [0.717, 1.165) is 37.8 Å². The second-order valence-electron chi connectivity index (χ2n) is 9.13. The summed E-state index contributed by atoms with van der Waals surface area (Å²) in [5.74, 6) is -0.730. The Morgan fingerprint density at radius 3 is 2.57 bits per heavy atom. The number of fused-ring (bicyclic) bond motifs is 1. The molecule has 0 aliphatic carbocycles. The molecule has 0 aromatic heterocycles. The standard InChI is InChI=1S/C22H28F3N3O5S2/c1-21-9-8-19(29)28(21)17(13-34-21)20(30)26-16-12-15(6-7-18(16)33-14-22(23,24)25)35(31,32)27-10-4-2-3-5-11-27/h6-7,12,17H,2-5,8-11,13-14H2,1H3,(H,26,30)/t17-,21+/m0/s1. The van der Waals surface area contributed by atoms with Crippen LogP contribution in [0.5, 0.6) is 5.75 Å². The van der Waals surface area contributed by atoms with Gasteiger partial charge in [-0.15, -0.1) is 11.8 Å². The zero-order valence-corrected chi connectivity index (χ0v) is 20.9. The van der Waals surface area contributed by atoms with Crippen molar-refractivity contribution < 1.29 is 35.9 Å². The predicted octanol–water partition coefficient (Wildman–Crippen LogP) is 3.58. The first-order valence-corrected chi connectivity index (χ1v) is 13.9. The van der Waals surface area contributed by atoms with Gasteiger partial charge in [0.15, 0.2) is 6.61 Å². The van der Waals surface area contributed by atoms with Gasteiger partial charge in [0.2, 0.25) is 21.8 Å².